The molecule has 0 fully saturated rings. The molecule has 0 N–H and O–H groups in total. The van der Waals surface area contributed by atoms with E-state index in [0.29, 0.717) is 6.07 Å². The van der Waals surface area contributed by atoms with Gasteiger partial charge < -0.3 is 0 Å². The SMILES string of the molecule is N#CCc1cc(-c2cccc(F)c2F)nc(C(F)(F)F)c1. The van der Waals surface area contributed by atoms with Gasteiger partial charge in [-0.2, -0.15) is 18.4 Å². The van der Waals surface area contributed by atoms with E-state index in [1.54, 1.807) is 6.07 Å². The number of rotatable bonds is 2. The first kappa shape index (κ1) is 14.9. The molecule has 7 heteroatoms. The van der Waals surface area contributed by atoms with Crippen LogP contribution in [0.2, 0.25) is 0 Å². The molecular weight excluding hydrogens is 291 g/mol. The number of benzene rings is 1. The van der Waals surface area contributed by atoms with E-state index in [-0.39, 0.29) is 23.2 Å². The van der Waals surface area contributed by atoms with Crippen molar-refractivity contribution in [3.8, 4) is 17.3 Å². The lowest BCUT2D eigenvalue weighted by molar-refractivity contribution is -0.141. The molecule has 2 aromatic rings. The topological polar surface area (TPSA) is 36.7 Å². The molecule has 108 valence electrons. The Labute approximate surface area is 116 Å². The zero-order valence-corrected chi connectivity index (χ0v) is 10.4. The van der Waals surface area contributed by atoms with E-state index in [1.807, 2.05) is 0 Å². The van der Waals surface area contributed by atoms with Crippen LogP contribution < -0.4 is 0 Å². The largest absolute Gasteiger partial charge is 0.433 e. The molecule has 0 saturated heterocycles. The van der Waals surface area contributed by atoms with Crippen molar-refractivity contribution in [1.29, 1.82) is 5.26 Å². The molecule has 2 rings (SSSR count). The fourth-order valence-corrected chi connectivity index (χ4v) is 1.77. The van der Waals surface area contributed by atoms with Crippen molar-refractivity contribution in [2.45, 2.75) is 12.6 Å². The average Bonchev–Trinajstić information content (AvgIpc) is 2.41. The van der Waals surface area contributed by atoms with Crippen LogP contribution in [0.4, 0.5) is 22.0 Å². The summed E-state index contributed by atoms with van der Waals surface area (Å²) in [5, 5.41) is 8.59. The van der Waals surface area contributed by atoms with Crippen LogP contribution in [-0.4, -0.2) is 4.98 Å². The van der Waals surface area contributed by atoms with Gasteiger partial charge in [-0.3, -0.25) is 0 Å². The van der Waals surface area contributed by atoms with E-state index in [2.05, 4.69) is 4.98 Å². The lowest BCUT2D eigenvalue weighted by Crippen LogP contribution is -2.10. The Balaban J connectivity index is 2.66. The molecule has 0 bridgehead atoms. The third-order valence-corrected chi connectivity index (χ3v) is 2.69. The van der Waals surface area contributed by atoms with E-state index in [0.717, 1.165) is 18.2 Å². The summed E-state index contributed by atoms with van der Waals surface area (Å²) in [5.41, 5.74) is -1.99. The molecule has 1 aromatic heterocycles. The van der Waals surface area contributed by atoms with E-state index < -0.39 is 23.5 Å². The van der Waals surface area contributed by atoms with Crippen LogP contribution in [0.1, 0.15) is 11.3 Å². The highest BCUT2D eigenvalue weighted by Crippen LogP contribution is 2.32. The highest BCUT2D eigenvalue weighted by molar-refractivity contribution is 5.61. The van der Waals surface area contributed by atoms with Crippen molar-refractivity contribution in [3.05, 3.63) is 53.2 Å². The third kappa shape index (κ3) is 3.16. The van der Waals surface area contributed by atoms with Gasteiger partial charge in [0.25, 0.3) is 0 Å². The maximum absolute atomic E-state index is 13.7. The molecule has 0 aliphatic carbocycles. The molecule has 0 atom stereocenters. The molecule has 0 amide bonds. The Morgan fingerprint density at radius 3 is 2.48 bits per heavy atom. The Hall–Kier alpha value is -2.49. The molecule has 21 heavy (non-hydrogen) atoms. The fourth-order valence-electron chi connectivity index (χ4n) is 1.77. The average molecular weight is 298 g/mol. The second-order valence-corrected chi connectivity index (χ2v) is 4.18. The lowest BCUT2D eigenvalue weighted by Gasteiger charge is -2.11. The zero-order valence-electron chi connectivity index (χ0n) is 10.4. The minimum atomic E-state index is -4.75. The Kier molecular flexibility index (Phi) is 3.89. The van der Waals surface area contributed by atoms with Crippen molar-refractivity contribution in [2.24, 2.45) is 0 Å². The van der Waals surface area contributed by atoms with Crippen molar-refractivity contribution < 1.29 is 22.0 Å². The molecule has 0 aliphatic rings. The van der Waals surface area contributed by atoms with Gasteiger partial charge in [-0.1, -0.05) is 6.07 Å². The number of nitriles is 1. The minimum Gasteiger partial charge on any atom is -0.243 e. The fraction of sp³-hybridized carbons (Fsp3) is 0.143. The van der Waals surface area contributed by atoms with Crippen molar-refractivity contribution in [1.82, 2.24) is 4.98 Å². The summed E-state index contributed by atoms with van der Waals surface area (Å²) in [6.07, 6.45) is -5.04. The van der Waals surface area contributed by atoms with Crippen LogP contribution in [-0.2, 0) is 12.6 Å². The van der Waals surface area contributed by atoms with Crippen LogP contribution in [0, 0.1) is 23.0 Å². The van der Waals surface area contributed by atoms with E-state index in [4.69, 9.17) is 5.26 Å². The quantitative estimate of drug-likeness (QED) is 0.782. The van der Waals surface area contributed by atoms with Crippen LogP contribution in [0.15, 0.2) is 30.3 Å². The van der Waals surface area contributed by atoms with Gasteiger partial charge >= 0.3 is 6.18 Å². The second-order valence-electron chi connectivity index (χ2n) is 4.18. The number of hydrogen-bond donors (Lipinski definition) is 0. The molecule has 0 unspecified atom stereocenters. The molecule has 1 aromatic carbocycles. The first-order valence-electron chi connectivity index (χ1n) is 5.72. The molecule has 0 spiro atoms. The monoisotopic (exact) mass is 298 g/mol. The third-order valence-electron chi connectivity index (χ3n) is 2.69. The van der Waals surface area contributed by atoms with Crippen LogP contribution in [0.25, 0.3) is 11.3 Å². The highest BCUT2D eigenvalue weighted by Gasteiger charge is 2.33. The van der Waals surface area contributed by atoms with E-state index in [1.165, 1.54) is 6.07 Å². The minimum absolute atomic E-state index is 0.0264. The Bertz CT molecular complexity index is 716. The van der Waals surface area contributed by atoms with Gasteiger partial charge in [0.05, 0.1) is 18.2 Å². The van der Waals surface area contributed by atoms with Gasteiger partial charge in [0.15, 0.2) is 11.6 Å². The van der Waals surface area contributed by atoms with E-state index in [9.17, 15) is 22.0 Å². The van der Waals surface area contributed by atoms with Crippen LogP contribution >= 0.6 is 0 Å². The molecule has 2 nitrogen and oxygen atoms in total. The molecule has 1 heterocycles. The summed E-state index contributed by atoms with van der Waals surface area (Å²) in [5.74, 6) is -2.47. The normalized spacial score (nSPS) is 11.2. The number of pyridine rings is 1. The summed E-state index contributed by atoms with van der Waals surface area (Å²) in [7, 11) is 0. The molecule has 0 saturated carbocycles. The maximum atomic E-state index is 13.7. The number of hydrogen-bond acceptors (Lipinski definition) is 2. The van der Waals surface area contributed by atoms with Gasteiger partial charge in [0.1, 0.15) is 5.69 Å². The number of aromatic nitrogens is 1. The maximum Gasteiger partial charge on any atom is 0.433 e. The lowest BCUT2D eigenvalue weighted by atomic mass is 10.1. The van der Waals surface area contributed by atoms with Gasteiger partial charge in [-0.25, -0.2) is 13.8 Å². The van der Waals surface area contributed by atoms with Crippen molar-refractivity contribution in [2.75, 3.05) is 0 Å². The highest BCUT2D eigenvalue weighted by atomic mass is 19.4. The first-order chi connectivity index (χ1) is 9.82. The van der Waals surface area contributed by atoms with Gasteiger partial charge in [0, 0.05) is 5.56 Å². The van der Waals surface area contributed by atoms with Crippen LogP contribution in [0.3, 0.4) is 0 Å². The first-order valence-corrected chi connectivity index (χ1v) is 5.72. The summed E-state index contributed by atoms with van der Waals surface area (Å²) in [6, 6.07) is 6.69. The predicted octanol–water partition coefficient (Wildman–Crippen LogP) is 4.11. The van der Waals surface area contributed by atoms with Crippen molar-refractivity contribution in [3.63, 3.8) is 0 Å². The zero-order chi connectivity index (χ0) is 15.6. The number of halogens is 5. The van der Waals surface area contributed by atoms with Gasteiger partial charge in [-0.15, -0.1) is 0 Å². The smallest absolute Gasteiger partial charge is 0.243 e. The van der Waals surface area contributed by atoms with Crippen molar-refractivity contribution >= 4 is 0 Å². The summed E-state index contributed by atoms with van der Waals surface area (Å²) in [4.78, 5) is 3.32. The Morgan fingerprint density at radius 2 is 1.86 bits per heavy atom. The second kappa shape index (κ2) is 5.48. The summed E-state index contributed by atoms with van der Waals surface area (Å²) >= 11 is 0. The number of alkyl halides is 3. The molecule has 0 aliphatic heterocycles. The van der Waals surface area contributed by atoms with Crippen LogP contribution in [0.5, 0.6) is 0 Å². The summed E-state index contributed by atoms with van der Waals surface area (Å²) < 4.78 is 65.2. The Morgan fingerprint density at radius 1 is 1.14 bits per heavy atom. The predicted molar refractivity (Wildman–Crippen MR) is 63.9 cm³/mol. The number of nitrogens with zero attached hydrogens (tertiary/aromatic N) is 2. The van der Waals surface area contributed by atoms with Gasteiger partial charge in [-0.05, 0) is 29.8 Å². The van der Waals surface area contributed by atoms with Gasteiger partial charge in [0.2, 0.25) is 0 Å². The standard InChI is InChI=1S/C14H7F5N2/c15-10-3-1-2-9(13(10)16)11-6-8(4-5-20)7-12(21-11)14(17,18)19/h1-3,6-7H,4H2. The van der Waals surface area contributed by atoms with E-state index >= 15 is 0 Å². The molecular formula is C14H7F5N2. The molecule has 0 radical (unpaired) electrons. The summed E-state index contributed by atoms with van der Waals surface area (Å²) in [6.45, 7) is 0.